The van der Waals surface area contributed by atoms with Crippen molar-refractivity contribution in [3.63, 3.8) is 0 Å². The number of ether oxygens (including phenoxy) is 2. The van der Waals surface area contributed by atoms with E-state index in [1.165, 1.54) is 90.7 Å². The van der Waals surface area contributed by atoms with Crippen LogP contribution in [-0.2, 0) is 67.0 Å². The first-order valence-electron chi connectivity index (χ1n) is 39.2. The number of rotatable bonds is 14. The van der Waals surface area contributed by atoms with Crippen molar-refractivity contribution in [1.29, 1.82) is 0 Å². The molecule has 9 aliphatic rings. The van der Waals surface area contributed by atoms with E-state index >= 15 is 33.6 Å². The third kappa shape index (κ3) is 20.0. The quantitative estimate of drug-likeness (QED) is 0.141. The number of methoxy groups -OCH3 is 1. The maximum Gasteiger partial charge on any atom is 0.248 e. The fraction of sp³-hybridized carbons (Fsp3) is 0.818. The van der Waals surface area contributed by atoms with Gasteiger partial charge in [-0.25, -0.2) is 0 Å². The highest BCUT2D eigenvalue weighted by atomic mass is 35.5. The van der Waals surface area contributed by atoms with Gasteiger partial charge in [-0.2, -0.15) is 0 Å². The van der Waals surface area contributed by atoms with Crippen LogP contribution in [0, 0.1) is 29.1 Å². The van der Waals surface area contributed by atoms with E-state index in [-0.39, 0.29) is 92.5 Å². The number of likely N-dealkylation sites (N-methyl/N-ethyl adjacent to an activating group) is 6. The Morgan fingerprint density at radius 3 is 1.92 bits per heavy atom. The summed E-state index contributed by atoms with van der Waals surface area (Å²) in [6, 6.07) is -10.1. The molecule has 28 heteroatoms. The molecule has 12 amide bonds. The van der Waals surface area contributed by atoms with Crippen molar-refractivity contribution in [3.05, 3.63) is 12.2 Å². The number of hydrogen-bond acceptors (Lipinski definition) is 14. The van der Waals surface area contributed by atoms with E-state index in [1.807, 2.05) is 32.9 Å². The summed E-state index contributed by atoms with van der Waals surface area (Å²) in [7, 11) is 11.7. The summed E-state index contributed by atoms with van der Waals surface area (Å²) >= 11 is 13.4. The van der Waals surface area contributed by atoms with E-state index in [0.29, 0.717) is 64.2 Å². The Balaban J connectivity index is 1.11. The van der Waals surface area contributed by atoms with Crippen LogP contribution >= 0.6 is 23.2 Å². The first-order valence-corrected chi connectivity index (χ1v) is 40.1. The van der Waals surface area contributed by atoms with Gasteiger partial charge in [0.05, 0.1) is 37.2 Å². The maximum absolute atomic E-state index is 15.9. The van der Waals surface area contributed by atoms with Crippen LogP contribution < -0.4 is 16.0 Å². The van der Waals surface area contributed by atoms with Crippen molar-refractivity contribution in [2.75, 3.05) is 89.2 Å². The van der Waals surface area contributed by atoms with Crippen LogP contribution in [0.5, 0.6) is 0 Å². The van der Waals surface area contributed by atoms with Gasteiger partial charge in [-0.1, -0.05) is 91.2 Å². The summed E-state index contributed by atoms with van der Waals surface area (Å²) < 4.78 is 12.2. The van der Waals surface area contributed by atoms with Crippen molar-refractivity contribution in [3.8, 4) is 0 Å². The molecule has 3 heterocycles. The summed E-state index contributed by atoms with van der Waals surface area (Å²) in [6.45, 7) is 6.47. The Kier molecular flexibility index (Phi) is 28.7. The van der Waals surface area contributed by atoms with Crippen LogP contribution in [0.3, 0.4) is 0 Å². The molecule has 1 spiro atoms. The van der Waals surface area contributed by atoms with Gasteiger partial charge in [-0.05, 0) is 138 Å². The molecule has 0 aromatic carbocycles. The smallest absolute Gasteiger partial charge is 0.248 e. The molecular weight excluding hydrogens is 1390 g/mol. The first-order chi connectivity index (χ1) is 49.8. The number of carbonyl (C=O) groups is 12. The fourth-order valence-electron chi connectivity index (χ4n) is 17.9. The number of hydrogen-bond donors (Lipinski definition) is 3. The number of halogens is 2. The summed E-state index contributed by atoms with van der Waals surface area (Å²) in [5.41, 5.74) is -2.05. The third-order valence-corrected chi connectivity index (χ3v) is 25.8. The minimum atomic E-state index is -1.58. The number of amides is 12. The molecule has 3 N–H and O–H groups in total. The lowest BCUT2D eigenvalue weighted by Crippen LogP contribution is -2.71. The Hall–Kier alpha value is -6.12. The number of carbonyl (C=O) groups excluding carboxylic acids is 12. The summed E-state index contributed by atoms with van der Waals surface area (Å²) in [4.78, 5) is 196. The highest BCUT2D eigenvalue weighted by Gasteiger charge is 2.59. The van der Waals surface area contributed by atoms with Crippen LogP contribution in [0.25, 0.3) is 0 Å². The predicted octanol–water partition coefficient (Wildman–Crippen LogP) is 5.61. The van der Waals surface area contributed by atoms with Crippen molar-refractivity contribution < 1.29 is 67.0 Å². The lowest BCUT2D eigenvalue weighted by Gasteiger charge is -2.54. The van der Waals surface area contributed by atoms with Crippen molar-refractivity contribution in [2.45, 2.75) is 284 Å². The fourth-order valence-corrected chi connectivity index (χ4v) is 18.5. The van der Waals surface area contributed by atoms with E-state index in [9.17, 15) is 24.0 Å². The van der Waals surface area contributed by atoms with Gasteiger partial charge in [0.15, 0.2) is 0 Å². The first kappa shape index (κ1) is 82.9. The van der Waals surface area contributed by atoms with Crippen LogP contribution in [-0.4, -0.2) is 287 Å². The molecule has 3 unspecified atom stereocenters. The third-order valence-electron chi connectivity index (χ3n) is 24.7. The Morgan fingerprint density at radius 1 is 0.638 bits per heavy atom. The predicted molar refractivity (Wildman–Crippen MR) is 397 cm³/mol. The zero-order valence-electron chi connectivity index (χ0n) is 64.6. The zero-order chi connectivity index (χ0) is 76.5. The monoisotopic (exact) mass is 1510 g/mol. The van der Waals surface area contributed by atoms with Crippen molar-refractivity contribution >= 4 is 94.1 Å². The second-order valence-corrected chi connectivity index (χ2v) is 34.5. The van der Waals surface area contributed by atoms with E-state index < -0.39 is 162 Å². The molecule has 2 saturated heterocycles. The van der Waals surface area contributed by atoms with E-state index in [4.69, 9.17) is 32.7 Å². The molecule has 6 aliphatic carbocycles. The van der Waals surface area contributed by atoms with Crippen molar-refractivity contribution in [1.82, 2.24) is 60.0 Å². The molecule has 9 rings (SSSR count). The molecule has 2 bridgehead atoms. The minimum Gasteiger partial charge on any atom is -0.382 e. The maximum atomic E-state index is 15.9. The minimum absolute atomic E-state index is 0.000858. The van der Waals surface area contributed by atoms with Gasteiger partial charge >= 0.3 is 0 Å². The molecule has 588 valence electrons. The van der Waals surface area contributed by atoms with E-state index in [0.717, 1.165) is 75.5 Å². The molecule has 0 aromatic heterocycles. The highest BCUT2D eigenvalue weighted by molar-refractivity contribution is 6.30. The van der Waals surface area contributed by atoms with Gasteiger partial charge < -0.3 is 69.5 Å². The molecule has 26 nitrogen and oxygen atoms in total. The SMILES string of the molecule is CC[C@H](C)[C@@H]1NC(=O)[C@H](COC)N(C)C(=O)C[C@@H](C(=O)N(C)C)N(C)C(=O)[C@H](C2CCCC2)N(C)C(=O)C2(CC(C)(C)C2)NC(=O)[C@@H]2C[C@@H](OC3CCC3)CN2C(=O)[C@H](CCC2CCC(Cl)C(Cl)C2)NC(=O)CN(C)C(=O)[C@H](CC2CCCCC2)N2CC/C=C\C[C@@H](C2=O)N(C)C(=O)CN(C2CC2)C1=O. The summed E-state index contributed by atoms with van der Waals surface area (Å²) in [5.74, 6) is -7.87. The molecule has 0 radical (unpaired) electrons. The Morgan fingerprint density at radius 2 is 1.31 bits per heavy atom. The molecule has 8 fully saturated rings. The topological polar surface area (TPSA) is 289 Å². The van der Waals surface area contributed by atoms with Gasteiger partial charge in [-0.3, -0.25) is 57.5 Å². The Labute approximate surface area is 632 Å². The number of nitrogens with one attached hydrogen (secondary N) is 3. The average molecular weight is 1510 g/mol. The summed E-state index contributed by atoms with van der Waals surface area (Å²) in [5, 5.41) is 8.61. The van der Waals surface area contributed by atoms with Gasteiger partial charge in [0.2, 0.25) is 70.9 Å². The standard InChI is InChI=1S/C77H122Cl2N12O14/c1-13-47(2)65-73(101)90(51-32-33-51)43-64(94)85(8)57-29-18-15-21-36-89(72(57)100)60(38-48-23-16-14-17-24-48)71(99)84(7)42-62(92)80-56(35-31-49-30-34-54(78)55(79)37-49)69(97)91-41-53(105-52-27-22-28-52)39-58(91)68(96)82-77(45-76(3,4)46-77)75(103)88(11)66(50-25-19-20-26-50)74(102)87(10)59(70(98)83(5)6)40-63(93)86(9)61(44-104-12)67(95)81-65/h15,18,47-61,65-66H,13-14,16-17,19-46H2,1-12H3,(H,80,92)(H,81,95)(H,82,96)/b18-15-/t47-,49?,53+,54?,55?,56-,57-,58-,59-,60-,61-,65-,66-/m0/s1. The van der Waals surface area contributed by atoms with Crippen LogP contribution in [0.15, 0.2) is 12.2 Å². The van der Waals surface area contributed by atoms with Crippen LogP contribution in [0.4, 0.5) is 0 Å². The van der Waals surface area contributed by atoms with Crippen molar-refractivity contribution in [2.24, 2.45) is 29.1 Å². The molecule has 105 heavy (non-hydrogen) atoms. The lowest BCUT2D eigenvalue weighted by molar-refractivity contribution is -0.161. The van der Waals surface area contributed by atoms with Gasteiger partial charge in [0.1, 0.15) is 60.4 Å². The van der Waals surface area contributed by atoms with Gasteiger partial charge in [0.25, 0.3) is 0 Å². The Bertz CT molecular complexity index is 3170. The second-order valence-electron chi connectivity index (χ2n) is 33.4. The van der Waals surface area contributed by atoms with Crippen LogP contribution in [0.1, 0.15) is 201 Å². The lowest BCUT2D eigenvalue weighted by atomic mass is 9.58. The molecule has 13 atom stereocenters. The normalized spacial score (nSPS) is 32.3. The van der Waals surface area contributed by atoms with Gasteiger partial charge in [-0.15, -0.1) is 23.2 Å². The number of fused-ring (bicyclic) bond motifs is 3. The van der Waals surface area contributed by atoms with E-state index in [2.05, 4.69) is 16.0 Å². The molecular formula is C77H122Cl2N12O14. The molecule has 3 aliphatic heterocycles. The van der Waals surface area contributed by atoms with Gasteiger partial charge in [0, 0.05) is 87.4 Å². The highest BCUT2D eigenvalue weighted by Crippen LogP contribution is 2.50. The molecule has 0 aromatic rings. The average Bonchev–Trinajstić information content (AvgIpc) is 1.13. The summed E-state index contributed by atoms with van der Waals surface area (Å²) in [6.07, 6.45) is 17.7. The number of alkyl halides is 2. The molecule has 6 saturated carbocycles. The van der Waals surface area contributed by atoms with Crippen LogP contribution in [0.2, 0.25) is 0 Å². The zero-order valence-corrected chi connectivity index (χ0v) is 66.1. The largest absolute Gasteiger partial charge is 0.382 e. The van der Waals surface area contributed by atoms with E-state index in [1.54, 1.807) is 11.8 Å². The second kappa shape index (κ2) is 36.4. The number of nitrogens with zero attached hydrogens (tertiary/aromatic N) is 9.